The van der Waals surface area contributed by atoms with Gasteiger partial charge in [-0.15, -0.1) is 0 Å². The zero-order chi connectivity index (χ0) is 14.4. The number of carbonyl (C=O) groups is 1. The normalized spacial score (nSPS) is 17.7. The first-order valence-electron chi connectivity index (χ1n) is 7.33. The molecule has 20 heavy (non-hydrogen) atoms. The van der Waals surface area contributed by atoms with E-state index in [1.54, 1.807) is 7.11 Å². The minimum absolute atomic E-state index is 0.169. The maximum absolute atomic E-state index is 12.1. The van der Waals surface area contributed by atoms with Crippen LogP contribution in [-0.2, 0) is 4.79 Å². The van der Waals surface area contributed by atoms with Gasteiger partial charge in [0.1, 0.15) is 5.75 Å². The van der Waals surface area contributed by atoms with Gasteiger partial charge < -0.3 is 15.0 Å². The molecular weight excluding hydrogens is 252 g/mol. The molecule has 0 saturated carbocycles. The minimum Gasteiger partial charge on any atom is -0.497 e. The molecule has 0 aliphatic carbocycles. The summed E-state index contributed by atoms with van der Waals surface area (Å²) in [6.45, 7) is 1.62. The fourth-order valence-corrected chi connectivity index (χ4v) is 2.65. The van der Waals surface area contributed by atoms with Gasteiger partial charge in [0.05, 0.1) is 7.11 Å². The first kappa shape index (κ1) is 14.9. The Hall–Kier alpha value is -1.55. The van der Waals surface area contributed by atoms with Crippen LogP contribution >= 0.6 is 0 Å². The van der Waals surface area contributed by atoms with Gasteiger partial charge >= 0.3 is 0 Å². The van der Waals surface area contributed by atoms with Gasteiger partial charge in [0.2, 0.25) is 5.91 Å². The first-order valence-corrected chi connectivity index (χ1v) is 7.33. The van der Waals surface area contributed by atoms with E-state index >= 15 is 0 Å². The first-order chi connectivity index (χ1) is 9.74. The molecule has 110 valence electrons. The molecule has 1 aliphatic heterocycles. The average molecular weight is 276 g/mol. The Morgan fingerprint density at radius 1 is 1.25 bits per heavy atom. The third kappa shape index (κ3) is 3.73. The Kier molecular flexibility index (Phi) is 5.41. The van der Waals surface area contributed by atoms with Crippen LogP contribution in [0.3, 0.4) is 0 Å². The fourth-order valence-electron chi connectivity index (χ4n) is 2.65. The van der Waals surface area contributed by atoms with Crippen LogP contribution in [0.1, 0.15) is 37.3 Å². The molecule has 4 heteroatoms. The van der Waals surface area contributed by atoms with E-state index < -0.39 is 0 Å². The summed E-state index contributed by atoms with van der Waals surface area (Å²) in [6.07, 6.45) is 4.00. The van der Waals surface area contributed by atoms with Crippen molar-refractivity contribution in [3.8, 4) is 5.75 Å². The number of methoxy groups -OCH3 is 1. The van der Waals surface area contributed by atoms with E-state index in [1.807, 2.05) is 24.1 Å². The predicted molar refractivity (Wildman–Crippen MR) is 79.8 cm³/mol. The molecule has 1 amide bonds. The van der Waals surface area contributed by atoms with Crippen LogP contribution < -0.4 is 10.1 Å². The molecule has 4 nitrogen and oxygen atoms in total. The third-order valence-electron chi connectivity index (χ3n) is 3.94. The molecule has 0 radical (unpaired) electrons. The number of hydrogen-bond donors (Lipinski definition) is 1. The number of ether oxygens (including phenoxy) is 1. The molecule has 1 N–H and O–H groups in total. The van der Waals surface area contributed by atoms with Crippen molar-refractivity contribution in [3.63, 3.8) is 0 Å². The SMILES string of the molecule is CNC(CN1CCCCCC1=O)c1ccc(OC)cc1. The van der Waals surface area contributed by atoms with E-state index in [1.165, 1.54) is 5.56 Å². The molecule has 1 aromatic carbocycles. The molecule has 1 atom stereocenters. The summed E-state index contributed by atoms with van der Waals surface area (Å²) in [5.74, 6) is 1.14. The smallest absolute Gasteiger partial charge is 0.222 e. The van der Waals surface area contributed by atoms with Crippen LogP contribution in [0, 0.1) is 0 Å². The highest BCUT2D eigenvalue weighted by Gasteiger charge is 2.20. The van der Waals surface area contributed by atoms with E-state index in [-0.39, 0.29) is 11.9 Å². The van der Waals surface area contributed by atoms with Gasteiger partial charge in [-0.2, -0.15) is 0 Å². The van der Waals surface area contributed by atoms with Crippen molar-refractivity contribution in [2.75, 3.05) is 27.2 Å². The monoisotopic (exact) mass is 276 g/mol. The summed E-state index contributed by atoms with van der Waals surface area (Å²) >= 11 is 0. The lowest BCUT2D eigenvalue weighted by atomic mass is 10.1. The topological polar surface area (TPSA) is 41.6 Å². The Balaban J connectivity index is 2.04. The Bertz CT molecular complexity index is 431. The van der Waals surface area contributed by atoms with E-state index in [9.17, 15) is 4.79 Å². The van der Waals surface area contributed by atoms with Crippen molar-refractivity contribution in [3.05, 3.63) is 29.8 Å². The van der Waals surface area contributed by atoms with Crippen molar-refractivity contribution >= 4 is 5.91 Å². The van der Waals surface area contributed by atoms with Crippen molar-refractivity contribution in [2.24, 2.45) is 0 Å². The van der Waals surface area contributed by atoms with Crippen molar-refractivity contribution in [1.82, 2.24) is 10.2 Å². The number of amides is 1. The second-order valence-electron chi connectivity index (χ2n) is 5.26. The highest BCUT2D eigenvalue weighted by Crippen LogP contribution is 2.20. The second kappa shape index (κ2) is 7.29. The van der Waals surface area contributed by atoms with Crippen LogP contribution in [0.25, 0.3) is 0 Å². The lowest BCUT2D eigenvalue weighted by Gasteiger charge is -2.26. The molecule has 0 bridgehead atoms. The number of carbonyl (C=O) groups excluding carboxylic acids is 1. The third-order valence-corrected chi connectivity index (χ3v) is 3.94. The Labute approximate surface area is 121 Å². The lowest BCUT2D eigenvalue weighted by molar-refractivity contribution is -0.131. The number of likely N-dealkylation sites (tertiary alicyclic amines) is 1. The molecule has 1 aromatic rings. The Morgan fingerprint density at radius 2 is 2.00 bits per heavy atom. The van der Waals surface area contributed by atoms with Crippen LogP contribution in [0.4, 0.5) is 0 Å². The number of nitrogens with one attached hydrogen (secondary N) is 1. The fraction of sp³-hybridized carbons (Fsp3) is 0.562. The highest BCUT2D eigenvalue weighted by atomic mass is 16.5. The van der Waals surface area contributed by atoms with Crippen LogP contribution in [0.2, 0.25) is 0 Å². The van der Waals surface area contributed by atoms with E-state index in [0.29, 0.717) is 6.42 Å². The Morgan fingerprint density at radius 3 is 2.65 bits per heavy atom. The van der Waals surface area contributed by atoms with Gasteiger partial charge in [-0.1, -0.05) is 18.6 Å². The summed E-state index contributed by atoms with van der Waals surface area (Å²) in [4.78, 5) is 14.1. The van der Waals surface area contributed by atoms with E-state index in [2.05, 4.69) is 17.4 Å². The van der Waals surface area contributed by atoms with Gasteiger partial charge in [0, 0.05) is 25.6 Å². The number of likely N-dealkylation sites (N-methyl/N-ethyl adjacent to an activating group) is 1. The van der Waals surface area contributed by atoms with Crippen molar-refractivity contribution < 1.29 is 9.53 Å². The van der Waals surface area contributed by atoms with Crippen molar-refractivity contribution in [1.29, 1.82) is 0 Å². The molecule has 1 unspecified atom stereocenters. The molecule has 2 rings (SSSR count). The molecule has 0 spiro atoms. The number of hydrogen-bond acceptors (Lipinski definition) is 3. The zero-order valence-corrected chi connectivity index (χ0v) is 12.4. The lowest BCUT2D eigenvalue weighted by Crippen LogP contribution is -2.37. The summed E-state index contributed by atoms with van der Waals surface area (Å²) < 4.78 is 5.18. The molecule has 1 fully saturated rings. The van der Waals surface area contributed by atoms with Crippen LogP contribution in [0.5, 0.6) is 5.75 Å². The van der Waals surface area contributed by atoms with Crippen molar-refractivity contribution in [2.45, 2.75) is 31.7 Å². The van der Waals surface area contributed by atoms with Gasteiger partial charge in [-0.25, -0.2) is 0 Å². The maximum Gasteiger partial charge on any atom is 0.222 e. The highest BCUT2D eigenvalue weighted by molar-refractivity contribution is 5.76. The number of benzene rings is 1. The maximum atomic E-state index is 12.1. The molecule has 1 aliphatic rings. The summed E-state index contributed by atoms with van der Waals surface area (Å²) in [5, 5.41) is 3.31. The van der Waals surface area contributed by atoms with E-state index in [0.717, 1.165) is 38.1 Å². The van der Waals surface area contributed by atoms with Crippen LogP contribution in [-0.4, -0.2) is 38.1 Å². The summed E-state index contributed by atoms with van der Waals surface area (Å²) in [6, 6.07) is 8.21. The second-order valence-corrected chi connectivity index (χ2v) is 5.26. The standard InChI is InChI=1S/C16H24N2O2/c1-17-15(13-7-9-14(20-2)10-8-13)12-18-11-5-3-4-6-16(18)19/h7-10,15,17H,3-6,11-12H2,1-2H3. The molecule has 0 aromatic heterocycles. The van der Waals surface area contributed by atoms with Gasteiger partial charge in [0.15, 0.2) is 0 Å². The molecule has 1 saturated heterocycles. The number of nitrogens with zero attached hydrogens (tertiary/aromatic N) is 1. The molecule has 1 heterocycles. The zero-order valence-electron chi connectivity index (χ0n) is 12.4. The van der Waals surface area contributed by atoms with Gasteiger partial charge in [0.25, 0.3) is 0 Å². The van der Waals surface area contributed by atoms with Gasteiger partial charge in [-0.05, 0) is 37.6 Å². The molecular formula is C16H24N2O2. The number of rotatable bonds is 5. The predicted octanol–water partition coefficient (Wildman–Crippen LogP) is 2.36. The van der Waals surface area contributed by atoms with Gasteiger partial charge in [-0.3, -0.25) is 4.79 Å². The van der Waals surface area contributed by atoms with Crippen LogP contribution in [0.15, 0.2) is 24.3 Å². The van der Waals surface area contributed by atoms with E-state index in [4.69, 9.17) is 4.74 Å². The largest absolute Gasteiger partial charge is 0.497 e. The average Bonchev–Trinajstić information content (AvgIpc) is 2.69. The quantitative estimate of drug-likeness (QED) is 0.897. The summed E-state index contributed by atoms with van der Waals surface area (Å²) in [7, 11) is 3.61. The minimum atomic E-state index is 0.169. The summed E-state index contributed by atoms with van der Waals surface area (Å²) in [5.41, 5.74) is 1.19.